The highest BCUT2D eigenvalue weighted by Gasteiger charge is 2.27. The van der Waals surface area contributed by atoms with E-state index in [4.69, 9.17) is 0 Å². The standard InChI is InChI=1S/C12H23N3O3/c1-14(2)9-6-13-11(16)10-4-7-15(8-5-10)12(17)18-3/h10H,4-9H2,1-3H3,(H,13,16). The minimum Gasteiger partial charge on any atom is -0.453 e. The average Bonchev–Trinajstić information content (AvgIpc) is 2.37. The summed E-state index contributed by atoms with van der Waals surface area (Å²) in [6.45, 7) is 2.70. The number of carbonyl (C=O) groups is 2. The summed E-state index contributed by atoms with van der Waals surface area (Å²) in [7, 11) is 5.32. The highest BCUT2D eigenvalue weighted by Crippen LogP contribution is 2.17. The first-order valence-electron chi connectivity index (χ1n) is 6.30. The number of hydrogen-bond acceptors (Lipinski definition) is 4. The molecule has 0 aliphatic carbocycles. The van der Waals surface area contributed by atoms with Crippen LogP contribution >= 0.6 is 0 Å². The van der Waals surface area contributed by atoms with Gasteiger partial charge in [0.25, 0.3) is 0 Å². The Balaban J connectivity index is 2.25. The van der Waals surface area contributed by atoms with Crippen molar-refractivity contribution in [1.82, 2.24) is 15.1 Å². The molecule has 0 radical (unpaired) electrons. The Labute approximate surface area is 108 Å². The van der Waals surface area contributed by atoms with E-state index in [9.17, 15) is 9.59 Å². The molecule has 1 fully saturated rings. The normalized spacial score (nSPS) is 16.8. The second-order valence-corrected chi connectivity index (χ2v) is 4.83. The number of nitrogens with zero attached hydrogens (tertiary/aromatic N) is 2. The molecule has 0 atom stereocenters. The van der Waals surface area contributed by atoms with Gasteiger partial charge >= 0.3 is 6.09 Å². The number of amides is 2. The third kappa shape index (κ3) is 4.52. The van der Waals surface area contributed by atoms with E-state index in [0.29, 0.717) is 32.5 Å². The van der Waals surface area contributed by atoms with Gasteiger partial charge in [-0.1, -0.05) is 0 Å². The predicted molar refractivity (Wildman–Crippen MR) is 68.3 cm³/mol. The zero-order valence-electron chi connectivity index (χ0n) is 11.4. The molecule has 0 unspecified atom stereocenters. The Kier molecular flexibility index (Phi) is 5.91. The van der Waals surface area contributed by atoms with Crippen LogP contribution in [0.1, 0.15) is 12.8 Å². The summed E-state index contributed by atoms with van der Waals surface area (Å²) in [6, 6.07) is 0. The minimum atomic E-state index is -0.304. The van der Waals surface area contributed by atoms with E-state index < -0.39 is 0 Å². The number of rotatable bonds is 4. The molecule has 6 heteroatoms. The van der Waals surface area contributed by atoms with Crippen LogP contribution in [0.15, 0.2) is 0 Å². The molecule has 0 aromatic carbocycles. The maximum Gasteiger partial charge on any atom is 0.409 e. The van der Waals surface area contributed by atoms with E-state index in [-0.39, 0.29) is 17.9 Å². The predicted octanol–water partition coefficient (Wildman–Crippen LogP) is 0.143. The van der Waals surface area contributed by atoms with E-state index in [1.165, 1.54) is 7.11 Å². The summed E-state index contributed by atoms with van der Waals surface area (Å²) >= 11 is 0. The Bertz CT molecular complexity index is 286. The Hall–Kier alpha value is -1.30. The highest BCUT2D eigenvalue weighted by atomic mass is 16.5. The molecular formula is C12H23N3O3. The quantitative estimate of drug-likeness (QED) is 0.778. The molecule has 0 aromatic rings. The first kappa shape index (κ1) is 14.8. The van der Waals surface area contributed by atoms with Gasteiger partial charge in [0.15, 0.2) is 0 Å². The summed E-state index contributed by atoms with van der Waals surface area (Å²) in [5, 5.41) is 2.93. The SMILES string of the molecule is COC(=O)N1CCC(C(=O)NCCN(C)C)CC1. The largest absolute Gasteiger partial charge is 0.453 e. The van der Waals surface area contributed by atoms with Crippen LogP contribution < -0.4 is 5.32 Å². The molecule has 1 N–H and O–H groups in total. The van der Waals surface area contributed by atoms with Crippen LogP contribution in [-0.2, 0) is 9.53 Å². The van der Waals surface area contributed by atoms with Crippen molar-refractivity contribution in [3.8, 4) is 0 Å². The van der Waals surface area contributed by atoms with Gasteiger partial charge < -0.3 is 19.9 Å². The summed E-state index contributed by atoms with van der Waals surface area (Å²) in [5.74, 6) is 0.120. The molecule has 104 valence electrons. The number of likely N-dealkylation sites (tertiary alicyclic amines) is 1. The third-order valence-electron chi connectivity index (χ3n) is 3.16. The number of piperidine rings is 1. The zero-order chi connectivity index (χ0) is 13.5. The molecule has 0 aromatic heterocycles. The van der Waals surface area contributed by atoms with Crippen molar-refractivity contribution in [3.05, 3.63) is 0 Å². The van der Waals surface area contributed by atoms with Crippen molar-refractivity contribution in [3.63, 3.8) is 0 Å². The van der Waals surface area contributed by atoms with E-state index >= 15 is 0 Å². The first-order valence-corrected chi connectivity index (χ1v) is 6.30. The summed E-state index contributed by atoms with van der Waals surface area (Å²) in [4.78, 5) is 26.8. The Morgan fingerprint density at radius 1 is 1.33 bits per heavy atom. The molecule has 0 bridgehead atoms. The molecule has 1 rings (SSSR count). The number of hydrogen-bond donors (Lipinski definition) is 1. The topological polar surface area (TPSA) is 61.9 Å². The number of methoxy groups -OCH3 is 1. The van der Waals surface area contributed by atoms with Gasteiger partial charge in [-0.3, -0.25) is 4.79 Å². The summed E-state index contributed by atoms with van der Waals surface area (Å²) < 4.78 is 4.66. The molecule has 1 saturated heterocycles. The maximum absolute atomic E-state index is 11.9. The number of carbonyl (C=O) groups excluding carboxylic acids is 2. The van der Waals surface area contributed by atoms with Gasteiger partial charge in [-0.2, -0.15) is 0 Å². The lowest BCUT2D eigenvalue weighted by Gasteiger charge is -2.30. The fourth-order valence-electron chi connectivity index (χ4n) is 2.00. The minimum absolute atomic E-state index is 0.0214. The van der Waals surface area contributed by atoms with Crippen molar-refractivity contribution in [2.75, 3.05) is 47.4 Å². The van der Waals surface area contributed by atoms with E-state index in [1.807, 2.05) is 19.0 Å². The number of ether oxygens (including phenoxy) is 1. The Morgan fingerprint density at radius 3 is 2.44 bits per heavy atom. The van der Waals surface area contributed by atoms with E-state index in [2.05, 4.69) is 10.1 Å². The van der Waals surface area contributed by atoms with Crippen LogP contribution in [0.25, 0.3) is 0 Å². The second-order valence-electron chi connectivity index (χ2n) is 4.83. The van der Waals surface area contributed by atoms with Crippen molar-refractivity contribution in [2.45, 2.75) is 12.8 Å². The van der Waals surface area contributed by atoms with Gasteiger partial charge in [0.05, 0.1) is 7.11 Å². The van der Waals surface area contributed by atoms with Gasteiger partial charge in [-0.25, -0.2) is 4.79 Å². The molecule has 2 amide bonds. The number of likely N-dealkylation sites (N-methyl/N-ethyl adjacent to an activating group) is 1. The van der Waals surface area contributed by atoms with Crippen LogP contribution in [0.3, 0.4) is 0 Å². The molecular weight excluding hydrogens is 234 g/mol. The monoisotopic (exact) mass is 257 g/mol. The zero-order valence-corrected chi connectivity index (χ0v) is 11.4. The first-order chi connectivity index (χ1) is 8.54. The van der Waals surface area contributed by atoms with Gasteiger partial charge in [0, 0.05) is 32.1 Å². The summed E-state index contributed by atoms with van der Waals surface area (Å²) in [6.07, 6.45) is 1.12. The van der Waals surface area contributed by atoms with Gasteiger partial charge in [0.1, 0.15) is 0 Å². The van der Waals surface area contributed by atoms with Gasteiger partial charge in [-0.05, 0) is 26.9 Å². The lowest BCUT2D eigenvalue weighted by Crippen LogP contribution is -2.43. The molecule has 1 heterocycles. The smallest absolute Gasteiger partial charge is 0.409 e. The van der Waals surface area contributed by atoms with Crippen LogP contribution in [0.4, 0.5) is 4.79 Å². The van der Waals surface area contributed by atoms with Gasteiger partial charge in [-0.15, -0.1) is 0 Å². The van der Waals surface area contributed by atoms with Crippen molar-refractivity contribution in [2.24, 2.45) is 5.92 Å². The van der Waals surface area contributed by atoms with E-state index in [0.717, 1.165) is 6.54 Å². The van der Waals surface area contributed by atoms with Crippen molar-refractivity contribution in [1.29, 1.82) is 0 Å². The molecule has 0 saturated carbocycles. The third-order valence-corrected chi connectivity index (χ3v) is 3.16. The lowest BCUT2D eigenvalue weighted by atomic mass is 9.96. The van der Waals surface area contributed by atoms with Gasteiger partial charge in [0.2, 0.25) is 5.91 Å². The van der Waals surface area contributed by atoms with Crippen molar-refractivity contribution < 1.29 is 14.3 Å². The summed E-state index contributed by atoms with van der Waals surface area (Å²) in [5.41, 5.74) is 0. The molecule has 6 nitrogen and oxygen atoms in total. The van der Waals surface area contributed by atoms with Crippen LogP contribution in [0.2, 0.25) is 0 Å². The second kappa shape index (κ2) is 7.20. The van der Waals surface area contributed by atoms with Crippen LogP contribution in [0.5, 0.6) is 0 Å². The Morgan fingerprint density at radius 2 is 1.94 bits per heavy atom. The molecule has 0 spiro atoms. The van der Waals surface area contributed by atoms with Crippen molar-refractivity contribution >= 4 is 12.0 Å². The van der Waals surface area contributed by atoms with Crippen LogP contribution in [-0.4, -0.2) is 69.2 Å². The lowest BCUT2D eigenvalue weighted by molar-refractivity contribution is -0.126. The molecule has 1 aliphatic heterocycles. The van der Waals surface area contributed by atoms with Crippen LogP contribution in [0, 0.1) is 5.92 Å². The molecule has 1 aliphatic rings. The fourth-order valence-corrected chi connectivity index (χ4v) is 2.00. The average molecular weight is 257 g/mol. The highest BCUT2D eigenvalue weighted by molar-refractivity contribution is 5.79. The maximum atomic E-state index is 11.9. The fraction of sp³-hybridized carbons (Fsp3) is 0.833. The number of nitrogens with one attached hydrogen (secondary N) is 1. The van der Waals surface area contributed by atoms with E-state index in [1.54, 1.807) is 4.90 Å². The molecule has 18 heavy (non-hydrogen) atoms.